The number of nitrogens with zero attached hydrogens (tertiary/aromatic N) is 2. The number of thiazole rings is 1. The second-order valence-corrected chi connectivity index (χ2v) is 10.2. The van der Waals surface area contributed by atoms with Crippen LogP contribution in [-0.2, 0) is 16.6 Å². The van der Waals surface area contributed by atoms with Gasteiger partial charge in [-0.15, -0.1) is 11.3 Å². The van der Waals surface area contributed by atoms with E-state index in [4.69, 9.17) is 5.41 Å². The normalized spacial score (nSPS) is 20.0. The molecule has 8 nitrogen and oxygen atoms in total. The molecule has 0 saturated heterocycles. The molecule has 0 aliphatic heterocycles. The van der Waals surface area contributed by atoms with E-state index in [0.29, 0.717) is 33.7 Å². The lowest BCUT2D eigenvalue weighted by Gasteiger charge is -2.22. The number of rotatable bonds is 8. The molecule has 2 aromatic rings. The van der Waals surface area contributed by atoms with Crippen molar-refractivity contribution in [2.45, 2.75) is 6.54 Å². The number of aromatic nitrogens is 2. The molecular formula is C23H23N5O3S2. The second kappa shape index (κ2) is 9.74. The quantitative estimate of drug-likeness (QED) is 0.498. The number of fused-ring (bicyclic) bond motifs is 2. The van der Waals surface area contributed by atoms with Crippen molar-refractivity contribution in [3.63, 3.8) is 0 Å². The molecule has 3 N–H and O–H groups in total. The fourth-order valence-corrected chi connectivity index (χ4v) is 5.43. The third-order valence-corrected chi connectivity index (χ3v) is 7.34. The molecule has 10 heteroatoms. The van der Waals surface area contributed by atoms with Gasteiger partial charge in [-0.1, -0.05) is 24.3 Å². The summed E-state index contributed by atoms with van der Waals surface area (Å²) < 4.78 is 27.7. The topological polar surface area (TPSA) is 125 Å². The second-order valence-electron chi connectivity index (χ2n) is 7.68. The van der Waals surface area contributed by atoms with Crippen molar-refractivity contribution in [3.05, 3.63) is 81.7 Å². The van der Waals surface area contributed by atoms with Crippen molar-refractivity contribution < 1.29 is 13.2 Å². The minimum atomic E-state index is -3.60. The first-order valence-electron chi connectivity index (χ1n) is 10.2. The number of hydrogen-bond acceptors (Lipinski definition) is 8. The van der Waals surface area contributed by atoms with Crippen molar-refractivity contribution in [1.82, 2.24) is 20.0 Å². The Labute approximate surface area is 196 Å². The van der Waals surface area contributed by atoms with Crippen LogP contribution in [0.4, 0.5) is 0 Å². The van der Waals surface area contributed by atoms with Crippen LogP contribution in [0.2, 0.25) is 0 Å². The van der Waals surface area contributed by atoms with Crippen LogP contribution in [0.1, 0.15) is 27.3 Å². The monoisotopic (exact) mass is 481 g/mol. The number of hydrogen-bond donors (Lipinski definition) is 3. The van der Waals surface area contributed by atoms with Crippen molar-refractivity contribution in [2.24, 2.45) is 11.8 Å². The van der Waals surface area contributed by atoms with Crippen LogP contribution < -0.4 is 10.0 Å². The lowest BCUT2D eigenvalue weighted by Crippen LogP contribution is -2.28. The number of carbonyl (C=O) groups is 1. The van der Waals surface area contributed by atoms with E-state index in [1.807, 2.05) is 18.2 Å². The summed E-state index contributed by atoms with van der Waals surface area (Å²) in [6.07, 6.45) is 13.6. The fourth-order valence-electron chi connectivity index (χ4n) is 3.77. The highest BCUT2D eigenvalue weighted by Crippen LogP contribution is 2.33. The molecule has 4 rings (SSSR count). The average molecular weight is 482 g/mol. The minimum absolute atomic E-state index is 0.127. The Morgan fingerprint density at radius 1 is 1.27 bits per heavy atom. The van der Waals surface area contributed by atoms with Gasteiger partial charge in [-0.3, -0.25) is 9.78 Å². The molecule has 33 heavy (non-hydrogen) atoms. The molecule has 2 heterocycles. The smallest absolute Gasteiger partial charge is 0.216 e. The van der Waals surface area contributed by atoms with Gasteiger partial charge >= 0.3 is 0 Å². The average Bonchev–Trinajstić information content (AvgIpc) is 3.29. The van der Waals surface area contributed by atoms with Gasteiger partial charge in [0.1, 0.15) is 0 Å². The minimum Gasteiger partial charge on any atom is -0.393 e. The number of pyridine rings is 1. The molecular weight excluding hydrogens is 458 g/mol. The third-order valence-electron chi connectivity index (χ3n) is 5.41. The van der Waals surface area contributed by atoms with Gasteiger partial charge in [-0.05, 0) is 17.7 Å². The van der Waals surface area contributed by atoms with Crippen molar-refractivity contribution in [2.75, 3.05) is 12.8 Å². The number of allylic oxidation sites excluding steroid dienone is 5. The first-order valence-corrected chi connectivity index (χ1v) is 12.8. The molecule has 0 spiro atoms. The van der Waals surface area contributed by atoms with Crippen molar-refractivity contribution in [3.8, 4) is 0 Å². The first-order chi connectivity index (χ1) is 15.9. The lowest BCUT2D eigenvalue weighted by molar-refractivity contribution is 0.0931. The summed E-state index contributed by atoms with van der Waals surface area (Å²) in [4.78, 5) is 22.0. The lowest BCUT2D eigenvalue weighted by atomic mass is 9.82. The molecule has 2 aliphatic carbocycles. The van der Waals surface area contributed by atoms with Gasteiger partial charge in [0.2, 0.25) is 10.0 Å². The zero-order valence-electron chi connectivity index (χ0n) is 17.9. The van der Waals surface area contributed by atoms with Gasteiger partial charge in [0.05, 0.1) is 35.1 Å². The molecule has 0 fully saturated rings. The van der Waals surface area contributed by atoms with Gasteiger partial charge in [-0.25, -0.2) is 18.1 Å². The van der Waals surface area contributed by atoms with Gasteiger partial charge < -0.3 is 10.7 Å². The van der Waals surface area contributed by atoms with E-state index in [9.17, 15) is 13.2 Å². The Morgan fingerprint density at radius 3 is 2.82 bits per heavy atom. The van der Waals surface area contributed by atoms with Crippen LogP contribution in [-0.4, -0.2) is 43.2 Å². The van der Waals surface area contributed by atoms with Gasteiger partial charge in [-0.2, -0.15) is 0 Å². The van der Waals surface area contributed by atoms with Crippen LogP contribution in [0.3, 0.4) is 0 Å². The molecule has 0 aromatic carbocycles. The van der Waals surface area contributed by atoms with Crippen LogP contribution in [0.15, 0.2) is 59.2 Å². The van der Waals surface area contributed by atoms with Crippen molar-refractivity contribution in [1.29, 1.82) is 5.41 Å². The Balaban J connectivity index is 1.57. The predicted octanol–water partition coefficient (Wildman–Crippen LogP) is 2.81. The molecule has 0 radical (unpaired) electrons. The van der Waals surface area contributed by atoms with Crippen LogP contribution >= 0.6 is 11.3 Å². The van der Waals surface area contributed by atoms with E-state index in [2.05, 4.69) is 20.0 Å². The third kappa shape index (κ3) is 5.24. The molecule has 170 valence electrons. The maximum absolute atomic E-state index is 13.5. The van der Waals surface area contributed by atoms with E-state index in [1.54, 1.807) is 48.6 Å². The highest BCUT2D eigenvalue weighted by molar-refractivity contribution is 7.89. The van der Waals surface area contributed by atoms with Gasteiger partial charge in [0.25, 0.3) is 0 Å². The molecule has 0 amide bonds. The summed E-state index contributed by atoms with van der Waals surface area (Å²) >= 11 is 1.40. The standard InChI is InChI=1S/C23H23N5O3S2/c1-25-9-18(8-24)17-7-21-22(26-10-17)5-4-16-3-2-15(6-20(16)23(21)29)13-33(30,31)28-11-19-12-32-14-27-19/h2-10,12,14,16,20,24-25,28H,11,13H2,1H3/b18-9+,24-8?/t16-,20?/m0/s1. The highest BCUT2D eigenvalue weighted by Gasteiger charge is 2.31. The fraction of sp³-hybridized carbons (Fsp3) is 0.217. The summed E-state index contributed by atoms with van der Waals surface area (Å²) in [5.74, 6) is -1.05. The molecule has 0 saturated carbocycles. The Morgan fingerprint density at radius 2 is 2.09 bits per heavy atom. The molecule has 2 aliphatic rings. The van der Waals surface area contributed by atoms with Crippen LogP contribution in [0.25, 0.3) is 11.6 Å². The first kappa shape index (κ1) is 23.0. The van der Waals surface area contributed by atoms with Crippen molar-refractivity contribution >= 4 is 45.0 Å². The van der Waals surface area contributed by atoms with Gasteiger partial charge in [0, 0.05) is 53.7 Å². The summed E-state index contributed by atoms with van der Waals surface area (Å²) in [6, 6.07) is 1.74. The zero-order chi connectivity index (χ0) is 23.4. The Hall–Kier alpha value is -3.21. The summed E-state index contributed by atoms with van der Waals surface area (Å²) in [5, 5.41) is 12.3. The molecule has 1 unspecified atom stereocenters. The highest BCUT2D eigenvalue weighted by atomic mass is 32.2. The van der Waals surface area contributed by atoms with E-state index >= 15 is 0 Å². The predicted molar refractivity (Wildman–Crippen MR) is 130 cm³/mol. The maximum Gasteiger partial charge on any atom is 0.216 e. The van der Waals surface area contributed by atoms with E-state index in [-0.39, 0.29) is 24.0 Å². The van der Waals surface area contributed by atoms with E-state index < -0.39 is 15.9 Å². The Bertz CT molecular complexity index is 1290. The zero-order valence-corrected chi connectivity index (χ0v) is 19.5. The maximum atomic E-state index is 13.5. The number of nitrogens with one attached hydrogen (secondary N) is 3. The number of sulfonamides is 1. The van der Waals surface area contributed by atoms with Crippen LogP contribution in [0.5, 0.6) is 0 Å². The number of ketones is 1. The SMILES string of the molecule is CN/C=C(\C=N)c1cnc2c(c1)C(=O)C1C=C(CS(=O)(=O)NCc3cscn3)C=C[C@H]1C=C2. The summed E-state index contributed by atoms with van der Waals surface area (Å²) in [5.41, 5.74) is 5.15. The van der Waals surface area contributed by atoms with Crippen LogP contribution in [0, 0.1) is 17.2 Å². The molecule has 2 atom stereocenters. The number of Topliss-reactive ketones (excluding diaryl/α,β-unsaturated/α-hetero) is 1. The summed E-state index contributed by atoms with van der Waals surface area (Å²) in [7, 11) is -1.86. The molecule has 0 bridgehead atoms. The summed E-state index contributed by atoms with van der Waals surface area (Å²) in [6.45, 7) is 0.133. The Kier molecular flexibility index (Phi) is 6.77. The molecule has 2 aromatic heterocycles. The van der Waals surface area contributed by atoms with E-state index in [1.165, 1.54) is 17.6 Å². The van der Waals surface area contributed by atoms with E-state index in [0.717, 1.165) is 0 Å². The largest absolute Gasteiger partial charge is 0.393 e. The number of carbonyl (C=O) groups excluding carboxylic acids is 1. The van der Waals surface area contributed by atoms with Gasteiger partial charge in [0.15, 0.2) is 5.78 Å².